The van der Waals surface area contributed by atoms with Gasteiger partial charge in [0, 0.05) is 12.6 Å². The lowest BCUT2D eigenvalue weighted by atomic mass is 10.1. The molecule has 2 rings (SSSR count). The van der Waals surface area contributed by atoms with Crippen molar-refractivity contribution < 1.29 is 10.0 Å². The third kappa shape index (κ3) is 2.54. The molecule has 1 aromatic heterocycles. The van der Waals surface area contributed by atoms with Gasteiger partial charge in [-0.05, 0) is 12.1 Å². The number of amidine groups is 1. The summed E-state index contributed by atoms with van der Waals surface area (Å²) in [5.41, 5.74) is 6.87. The summed E-state index contributed by atoms with van der Waals surface area (Å²) in [6.45, 7) is 0. The Labute approximate surface area is 109 Å². The Morgan fingerprint density at radius 3 is 2.84 bits per heavy atom. The van der Waals surface area contributed by atoms with Gasteiger partial charge in [0.15, 0.2) is 5.84 Å². The molecule has 0 saturated heterocycles. The van der Waals surface area contributed by atoms with Crippen LogP contribution in [0.5, 0.6) is 0 Å². The van der Waals surface area contributed by atoms with Crippen LogP contribution in [0.15, 0.2) is 41.9 Å². The SMILES string of the molecule is Cn1cncc1C(=O)Nc1ccccc1/C(N)=N/O. The highest BCUT2D eigenvalue weighted by Crippen LogP contribution is 2.15. The molecule has 7 heteroatoms. The first-order valence-corrected chi connectivity index (χ1v) is 5.48. The number of hydrogen-bond donors (Lipinski definition) is 3. The molecule has 4 N–H and O–H groups in total. The molecule has 0 spiro atoms. The zero-order valence-electron chi connectivity index (χ0n) is 10.2. The third-order valence-electron chi connectivity index (χ3n) is 2.61. The summed E-state index contributed by atoms with van der Waals surface area (Å²) in [4.78, 5) is 15.9. The van der Waals surface area contributed by atoms with E-state index in [-0.39, 0.29) is 11.7 Å². The van der Waals surface area contributed by atoms with Crippen LogP contribution in [0.2, 0.25) is 0 Å². The Balaban J connectivity index is 2.30. The van der Waals surface area contributed by atoms with E-state index >= 15 is 0 Å². The number of hydrogen-bond acceptors (Lipinski definition) is 4. The lowest BCUT2D eigenvalue weighted by Gasteiger charge is -2.09. The number of carbonyl (C=O) groups is 1. The molecule has 1 amide bonds. The van der Waals surface area contributed by atoms with Crippen molar-refractivity contribution in [2.24, 2.45) is 17.9 Å². The smallest absolute Gasteiger partial charge is 0.273 e. The van der Waals surface area contributed by atoms with E-state index in [0.29, 0.717) is 16.9 Å². The number of carbonyl (C=O) groups excluding carboxylic acids is 1. The largest absolute Gasteiger partial charge is 0.409 e. The van der Waals surface area contributed by atoms with Crippen LogP contribution in [0.1, 0.15) is 16.1 Å². The number of imidazole rings is 1. The molecule has 1 heterocycles. The highest BCUT2D eigenvalue weighted by molar-refractivity contribution is 6.09. The molecule has 0 aliphatic heterocycles. The number of amides is 1. The minimum Gasteiger partial charge on any atom is -0.409 e. The number of aryl methyl sites for hydroxylation is 1. The highest BCUT2D eigenvalue weighted by Gasteiger charge is 2.13. The van der Waals surface area contributed by atoms with Gasteiger partial charge < -0.3 is 20.8 Å². The molecule has 98 valence electrons. The fourth-order valence-corrected chi connectivity index (χ4v) is 1.63. The summed E-state index contributed by atoms with van der Waals surface area (Å²) in [5.74, 6) is -0.390. The average molecular weight is 259 g/mol. The van der Waals surface area contributed by atoms with E-state index in [1.165, 1.54) is 12.5 Å². The van der Waals surface area contributed by atoms with Crippen LogP contribution in [0.3, 0.4) is 0 Å². The van der Waals surface area contributed by atoms with Gasteiger partial charge in [-0.25, -0.2) is 4.98 Å². The van der Waals surface area contributed by atoms with Gasteiger partial charge in [-0.2, -0.15) is 0 Å². The molecule has 0 saturated carbocycles. The Bertz CT molecular complexity index is 633. The molecule has 2 aromatic rings. The number of rotatable bonds is 3. The van der Waals surface area contributed by atoms with Crippen molar-refractivity contribution in [3.8, 4) is 0 Å². The summed E-state index contributed by atoms with van der Waals surface area (Å²) in [7, 11) is 1.72. The lowest BCUT2D eigenvalue weighted by Crippen LogP contribution is -2.20. The summed E-state index contributed by atoms with van der Waals surface area (Å²) in [5, 5.41) is 14.3. The van der Waals surface area contributed by atoms with Gasteiger partial charge in [-0.15, -0.1) is 0 Å². The summed E-state index contributed by atoms with van der Waals surface area (Å²) in [6.07, 6.45) is 2.99. The van der Waals surface area contributed by atoms with E-state index in [2.05, 4.69) is 15.5 Å². The number of para-hydroxylation sites is 1. The number of aromatic nitrogens is 2. The molecule has 0 fully saturated rings. The van der Waals surface area contributed by atoms with Gasteiger partial charge in [0.1, 0.15) is 5.69 Å². The first-order valence-electron chi connectivity index (χ1n) is 5.48. The van der Waals surface area contributed by atoms with Gasteiger partial charge in [-0.1, -0.05) is 17.3 Å². The van der Waals surface area contributed by atoms with Crippen LogP contribution in [-0.2, 0) is 7.05 Å². The fourth-order valence-electron chi connectivity index (χ4n) is 1.63. The second kappa shape index (κ2) is 5.21. The number of oxime groups is 1. The Morgan fingerprint density at radius 1 is 1.47 bits per heavy atom. The van der Waals surface area contributed by atoms with Gasteiger partial charge in [0.05, 0.1) is 18.2 Å². The molecule has 0 radical (unpaired) electrons. The van der Waals surface area contributed by atoms with Crippen molar-refractivity contribution in [2.45, 2.75) is 0 Å². The fraction of sp³-hybridized carbons (Fsp3) is 0.0833. The van der Waals surface area contributed by atoms with Crippen molar-refractivity contribution >= 4 is 17.4 Å². The molecule has 1 aromatic carbocycles. The van der Waals surface area contributed by atoms with E-state index in [9.17, 15) is 4.79 Å². The van der Waals surface area contributed by atoms with E-state index in [0.717, 1.165) is 0 Å². The lowest BCUT2D eigenvalue weighted by molar-refractivity contribution is 0.101. The average Bonchev–Trinajstić information content (AvgIpc) is 2.85. The van der Waals surface area contributed by atoms with E-state index in [1.54, 1.807) is 35.9 Å². The minimum atomic E-state index is -0.321. The highest BCUT2D eigenvalue weighted by atomic mass is 16.4. The number of nitrogens with two attached hydrogens (primary N) is 1. The predicted octanol–water partition coefficient (Wildman–Crippen LogP) is 0.767. The normalized spacial score (nSPS) is 11.3. The summed E-state index contributed by atoms with van der Waals surface area (Å²) >= 11 is 0. The van der Waals surface area contributed by atoms with Gasteiger partial charge in [0.2, 0.25) is 0 Å². The number of nitrogens with zero attached hydrogens (tertiary/aromatic N) is 3. The molecule has 0 unspecified atom stereocenters. The van der Waals surface area contributed by atoms with Crippen LogP contribution in [0, 0.1) is 0 Å². The zero-order chi connectivity index (χ0) is 13.8. The number of nitrogens with one attached hydrogen (secondary N) is 1. The maximum atomic E-state index is 12.0. The van der Waals surface area contributed by atoms with Crippen LogP contribution < -0.4 is 11.1 Å². The van der Waals surface area contributed by atoms with Crippen molar-refractivity contribution in [1.82, 2.24) is 9.55 Å². The number of benzene rings is 1. The van der Waals surface area contributed by atoms with Crippen LogP contribution in [0.4, 0.5) is 5.69 Å². The Hall–Kier alpha value is -2.83. The molecule has 0 aliphatic rings. The summed E-state index contributed by atoms with van der Waals surface area (Å²) < 4.78 is 1.60. The minimum absolute atomic E-state index is 0.0686. The molecule has 0 aliphatic carbocycles. The van der Waals surface area contributed by atoms with Crippen molar-refractivity contribution in [1.29, 1.82) is 0 Å². The summed E-state index contributed by atoms with van der Waals surface area (Å²) in [6, 6.07) is 6.79. The first-order chi connectivity index (χ1) is 9.13. The van der Waals surface area contributed by atoms with E-state index in [1.807, 2.05) is 0 Å². The van der Waals surface area contributed by atoms with Gasteiger partial charge >= 0.3 is 0 Å². The Kier molecular flexibility index (Phi) is 3.46. The van der Waals surface area contributed by atoms with Crippen LogP contribution in [-0.4, -0.2) is 26.5 Å². The predicted molar refractivity (Wildman–Crippen MR) is 70.1 cm³/mol. The van der Waals surface area contributed by atoms with Crippen LogP contribution >= 0.6 is 0 Å². The second-order valence-electron chi connectivity index (χ2n) is 3.87. The maximum Gasteiger partial charge on any atom is 0.273 e. The van der Waals surface area contributed by atoms with Gasteiger partial charge in [0.25, 0.3) is 5.91 Å². The topological polar surface area (TPSA) is 106 Å². The van der Waals surface area contributed by atoms with Crippen LogP contribution in [0.25, 0.3) is 0 Å². The van der Waals surface area contributed by atoms with Gasteiger partial charge in [-0.3, -0.25) is 4.79 Å². The second-order valence-corrected chi connectivity index (χ2v) is 3.87. The molecule has 0 bridgehead atoms. The van der Waals surface area contributed by atoms with Crippen molar-refractivity contribution in [2.75, 3.05) is 5.32 Å². The number of anilines is 1. The van der Waals surface area contributed by atoms with E-state index < -0.39 is 0 Å². The maximum absolute atomic E-state index is 12.0. The van der Waals surface area contributed by atoms with E-state index in [4.69, 9.17) is 10.9 Å². The molecule has 19 heavy (non-hydrogen) atoms. The first kappa shape index (κ1) is 12.6. The third-order valence-corrected chi connectivity index (χ3v) is 2.61. The monoisotopic (exact) mass is 259 g/mol. The molecule has 7 nitrogen and oxygen atoms in total. The van der Waals surface area contributed by atoms with Crippen molar-refractivity contribution in [3.05, 3.63) is 48.0 Å². The standard InChI is InChI=1S/C12H13N5O2/c1-17-7-14-6-10(17)12(18)15-9-5-3-2-4-8(9)11(13)16-19/h2-7,19H,1H3,(H2,13,16)(H,15,18). The zero-order valence-corrected chi connectivity index (χ0v) is 10.2. The Morgan fingerprint density at radius 2 is 2.21 bits per heavy atom. The molecule has 0 atom stereocenters. The molecular weight excluding hydrogens is 246 g/mol. The molecular formula is C12H13N5O2. The quantitative estimate of drug-likeness (QED) is 0.327. The van der Waals surface area contributed by atoms with Crippen molar-refractivity contribution in [3.63, 3.8) is 0 Å².